The van der Waals surface area contributed by atoms with Crippen LogP contribution in [0.2, 0.25) is 10.0 Å². The fourth-order valence-electron chi connectivity index (χ4n) is 2.80. The van der Waals surface area contributed by atoms with Crippen molar-refractivity contribution in [2.75, 3.05) is 11.9 Å². The number of aryl methyl sites for hydroxylation is 2. The highest BCUT2D eigenvalue weighted by Gasteiger charge is 2.19. The highest BCUT2D eigenvalue weighted by atomic mass is 35.5. The van der Waals surface area contributed by atoms with Gasteiger partial charge in [-0.3, -0.25) is 13.9 Å². The summed E-state index contributed by atoms with van der Waals surface area (Å²) in [5.41, 5.74) is 0.168. The number of nitrogens with zero attached hydrogens (tertiary/aromatic N) is 4. The first-order chi connectivity index (χ1) is 12.7. The largest absolute Gasteiger partial charge is 0.392 e. The molecular formula is C17H19Cl2N5O3. The second kappa shape index (κ2) is 7.38. The average Bonchev–Trinajstić information content (AvgIpc) is 2.93. The van der Waals surface area contributed by atoms with Gasteiger partial charge in [-0.25, -0.2) is 4.79 Å². The SMILES string of the molecule is CC(O)CNc1nc2c(c(=O)n(Cc3ccc(Cl)cc3Cl)c(=O)n2C)n1C. The Kier molecular flexibility index (Phi) is 5.32. The lowest BCUT2D eigenvalue weighted by molar-refractivity contribution is 0.208. The Hall–Kier alpha value is -2.29. The lowest BCUT2D eigenvalue weighted by Gasteiger charge is -2.10. The second-order valence-electron chi connectivity index (χ2n) is 6.37. The first kappa shape index (κ1) is 19.5. The number of halogens is 2. The van der Waals surface area contributed by atoms with Crippen LogP contribution in [0.4, 0.5) is 5.95 Å². The maximum absolute atomic E-state index is 13.0. The zero-order valence-corrected chi connectivity index (χ0v) is 16.5. The first-order valence-corrected chi connectivity index (χ1v) is 8.98. The lowest BCUT2D eigenvalue weighted by atomic mass is 10.2. The monoisotopic (exact) mass is 411 g/mol. The summed E-state index contributed by atoms with van der Waals surface area (Å²) >= 11 is 12.1. The standard InChI is InChI=1S/C17H19Cl2N5O3/c1-9(25)7-20-16-21-14-13(22(16)2)15(26)24(17(27)23(14)3)8-10-4-5-11(18)6-12(10)19/h4-6,9,25H,7-8H2,1-3H3,(H,20,21). The third kappa shape index (κ3) is 3.60. The fraction of sp³-hybridized carbons (Fsp3) is 0.353. The molecule has 0 aliphatic carbocycles. The number of hydrogen-bond donors (Lipinski definition) is 2. The molecule has 2 heterocycles. The topological polar surface area (TPSA) is 94.1 Å². The van der Waals surface area contributed by atoms with Gasteiger partial charge < -0.3 is 15.0 Å². The molecule has 0 aliphatic rings. The van der Waals surface area contributed by atoms with E-state index in [2.05, 4.69) is 10.3 Å². The van der Waals surface area contributed by atoms with Gasteiger partial charge in [0, 0.05) is 30.7 Å². The van der Waals surface area contributed by atoms with Crippen LogP contribution in [-0.4, -0.2) is 36.4 Å². The summed E-state index contributed by atoms with van der Waals surface area (Å²) < 4.78 is 3.99. The Morgan fingerprint density at radius 3 is 2.56 bits per heavy atom. The Morgan fingerprint density at radius 2 is 1.93 bits per heavy atom. The third-order valence-electron chi connectivity index (χ3n) is 4.26. The van der Waals surface area contributed by atoms with Crippen LogP contribution in [0.15, 0.2) is 27.8 Å². The van der Waals surface area contributed by atoms with Crippen LogP contribution in [0.25, 0.3) is 11.2 Å². The van der Waals surface area contributed by atoms with Crippen LogP contribution in [-0.2, 0) is 20.6 Å². The summed E-state index contributed by atoms with van der Waals surface area (Å²) in [7, 11) is 3.22. The van der Waals surface area contributed by atoms with Crippen LogP contribution < -0.4 is 16.6 Å². The van der Waals surface area contributed by atoms with Gasteiger partial charge in [-0.1, -0.05) is 29.3 Å². The maximum atomic E-state index is 13.0. The molecule has 1 unspecified atom stereocenters. The lowest BCUT2D eigenvalue weighted by Crippen LogP contribution is -2.39. The predicted octanol–water partition coefficient (Wildman–Crippen LogP) is 1.58. The van der Waals surface area contributed by atoms with Gasteiger partial charge in [0.05, 0.1) is 12.6 Å². The summed E-state index contributed by atoms with van der Waals surface area (Å²) in [5, 5.41) is 13.3. The van der Waals surface area contributed by atoms with Gasteiger partial charge in [0.1, 0.15) is 0 Å². The van der Waals surface area contributed by atoms with Crippen molar-refractivity contribution in [3.8, 4) is 0 Å². The number of aliphatic hydroxyl groups is 1. The van der Waals surface area contributed by atoms with Crippen molar-refractivity contribution in [1.29, 1.82) is 0 Å². The molecule has 0 saturated heterocycles. The molecule has 27 heavy (non-hydrogen) atoms. The predicted molar refractivity (Wildman–Crippen MR) is 106 cm³/mol. The highest BCUT2D eigenvalue weighted by molar-refractivity contribution is 6.35. The fourth-order valence-corrected chi connectivity index (χ4v) is 3.27. The van der Waals surface area contributed by atoms with Crippen LogP contribution >= 0.6 is 23.2 Å². The van der Waals surface area contributed by atoms with E-state index in [9.17, 15) is 14.7 Å². The number of aliphatic hydroxyl groups excluding tert-OH is 1. The van der Waals surface area contributed by atoms with E-state index < -0.39 is 17.4 Å². The molecule has 0 fully saturated rings. The molecule has 3 rings (SSSR count). The molecule has 0 amide bonds. The van der Waals surface area contributed by atoms with E-state index >= 15 is 0 Å². The number of imidazole rings is 1. The molecule has 8 nitrogen and oxygen atoms in total. The third-order valence-corrected chi connectivity index (χ3v) is 4.85. The molecule has 0 spiro atoms. The van der Waals surface area contributed by atoms with Gasteiger partial charge in [0.15, 0.2) is 11.2 Å². The maximum Gasteiger partial charge on any atom is 0.332 e. The molecule has 2 aromatic heterocycles. The summed E-state index contributed by atoms with van der Waals surface area (Å²) in [6.07, 6.45) is -0.586. The van der Waals surface area contributed by atoms with Gasteiger partial charge in [-0.2, -0.15) is 4.98 Å². The molecule has 2 N–H and O–H groups in total. The molecular weight excluding hydrogens is 393 g/mol. The highest BCUT2D eigenvalue weighted by Crippen LogP contribution is 2.21. The van der Waals surface area contributed by atoms with E-state index in [1.807, 2.05) is 0 Å². The molecule has 0 saturated carbocycles. The van der Waals surface area contributed by atoms with Gasteiger partial charge in [-0.05, 0) is 24.6 Å². The quantitative estimate of drug-likeness (QED) is 0.664. The van der Waals surface area contributed by atoms with E-state index in [1.165, 1.54) is 4.57 Å². The zero-order chi connectivity index (χ0) is 19.9. The van der Waals surface area contributed by atoms with E-state index in [1.54, 1.807) is 43.8 Å². The molecule has 0 radical (unpaired) electrons. The number of aromatic nitrogens is 4. The minimum Gasteiger partial charge on any atom is -0.392 e. The van der Waals surface area contributed by atoms with Gasteiger partial charge in [0.2, 0.25) is 5.95 Å². The number of benzene rings is 1. The Balaban J connectivity index is 2.15. The zero-order valence-electron chi connectivity index (χ0n) is 15.0. The molecule has 3 aromatic rings. The van der Waals surface area contributed by atoms with Crippen molar-refractivity contribution in [3.05, 3.63) is 54.6 Å². The van der Waals surface area contributed by atoms with Crippen LogP contribution in [0, 0.1) is 0 Å². The van der Waals surface area contributed by atoms with Crippen molar-refractivity contribution < 1.29 is 5.11 Å². The van der Waals surface area contributed by atoms with E-state index in [0.717, 1.165) is 4.57 Å². The number of fused-ring (bicyclic) bond motifs is 1. The summed E-state index contributed by atoms with van der Waals surface area (Å²) in [4.78, 5) is 30.0. The molecule has 0 bridgehead atoms. The Morgan fingerprint density at radius 1 is 1.22 bits per heavy atom. The minimum absolute atomic E-state index is 0.0130. The Labute approximate surface area is 164 Å². The van der Waals surface area contributed by atoms with Crippen LogP contribution in [0.1, 0.15) is 12.5 Å². The molecule has 144 valence electrons. The van der Waals surface area contributed by atoms with Crippen molar-refractivity contribution in [3.63, 3.8) is 0 Å². The summed E-state index contributed by atoms with van der Waals surface area (Å²) in [6.45, 7) is 1.91. The van der Waals surface area contributed by atoms with Crippen LogP contribution in [0.5, 0.6) is 0 Å². The summed E-state index contributed by atoms with van der Waals surface area (Å²) in [5.74, 6) is 0.389. The number of anilines is 1. The number of hydrogen-bond acceptors (Lipinski definition) is 5. The van der Waals surface area contributed by atoms with Crippen LogP contribution in [0.3, 0.4) is 0 Å². The second-order valence-corrected chi connectivity index (χ2v) is 7.21. The first-order valence-electron chi connectivity index (χ1n) is 8.22. The van der Waals surface area contributed by atoms with Gasteiger partial charge >= 0.3 is 5.69 Å². The minimum atomic E-state index is -0.586. The normalized spacial score (nSPS) is 12.5. The molecule has 1 atom stereocenters. The number of nitrogens with one attached hydrogen (secondary N) is 1. The Bertz CT molecular complexity index is 1130. The van der Waals surface area contributed by atoms with Crippen molar-refractivity contribution >= 4 is 40.3 Å². The van der Waals surface area contributed by atoms with E-state index in [0.29, 0.717) is 21.6 Å². The van der Waals surface area contributed by atoms with Crippen molar-refractivity contribution in [2.24, 2.45) is 14.1 Å². The number of rotatable bonds is 5. The average molecular weight is 412 g/mol. The van der Waals surface area contributed by atoms with Gasteiger partial charge in [-0.15, -0.1) is 0 Å². The smallest absolute Gasteiger partial charge is 0.332 e. The molecule has 10 heteroatoms. The summed E-state index contributed by atoms with van der Waals surface area (Å²) in [6, 6.07) is 4.90. The van der Waals surface area contributed by atoms with Crippen molar-refractivity contribution in [1.82, 2.24) is 18.7 Å². The molecule has 0 aliphatic heterocycles. The van der Waals surface area contributed by atoms with E-state index in [-0.39, 0.29) is 24.3 Å². The van der Waals surface area contributed by atoms with E-state index in [4.69, 9.17) is 23.2 Å². The molecule has 1 aromatic carbocycles. The van der Waals surface area contributed by atoms with Gasteiger partial charge in [0.25, 0.3) is 5.56 Å². The van der Waals surface area contributed by atoms with Crippen molar-refractivity contribution in [2.45, 2.75) is 19.6 Å².